The number of carboxylic acid groups (broad SMARTS) is 3. The number of hydrogen-bond donors (Lipinski definition) is 6. The van der Waals surface area contributed by atoms with Crippen molar-refractivity contribution in [3.63, 3.8) is 0 Å². The van der Waals surface area contributed by atoms with Gasteiger partial charge in [0.2, 0.25) is 17.7 Å². The number of unbranched alkanes of at least 4 members (excludes halogenated alkanes) is 3. The molecule has 3 amide bonds. The zero-order valence-electron chi connectivity index (χ0n) is 23.4. The fourth-order valence-corrected chi connectivity index (χ4v) is 3.55. The van der Waals surface area contributed by atoms with Crippen molar-refractivity contribution in [1.82, 2.24) is 20.9 Å². The molecule has 0 aliphatic heterocycles. The van der Waals surface area contributed by atoms with Gasteiger partial charge in [-0.2, -0.15) is 0 Å². The molecule has 13 nitrogen and oxygen atoms in total. The van der Waals surface area contributed by atoms with Crippen molar-refractivity contribution in [1.29, 1.82) is 0 Å². The number of nitrogens with one attached hydrogen (secondary N) is 3. The van der Waals surface area contributed by atoms with Crippen LogP contribution in [0.5, 0.6) is 0 Å². The first-order valence-corrected chi connectivity index (χ1v) is 13.3. The van der Waals surface area contributed by atoms with Gasteiger partial charge in [-0.3, -0.25) is 33.7 Å². The van der Waals surface area contributed by atoms with Crippen LogP contribution in [0.15, 0.2) is 12.7 Å². The third-order valence-corrected chi connectivity index (χ3v) is 5.53. The van der Waals surface area contributed by atoms with Crippen LogP contribution < -0.4 is 16.0 Å². The van der Waals surface area contributed by atoms with Gasteiger partial charge in [0.15, 0.2) is 0 Å². The lowest BCUT2D eigenvalue weighted by Crippen LogP contribution is -2.47. The summed E-state index contributed by atoms with van der Waals surface area (Å²) in [6.07, 6.45) is 4.74. The molecule has 0 radical (unpaired) electrons. The molecule has 41 heavy (non-hydrogen) atoms. The fourth-order valence-electron chi connectivity index (χ4n) is 3.55. The average molecular weight is 577 g/mol. The summed E-state index contributed by atoms with van der Waals surface area (Å²) in [4.78, 5) is 70.7. The second kappa shape index (κ2) is 22.5. The largest absolute Gasteiger partial charge is 0.480 e. The number of carbonyl (C=O) groups is 6. The highest BCUT2D eigenvalue weighted by Crippen LogP contribution is 2.10. The SMILES string of the molecule is C=CC(=O)NC(CCCCNC(=O)CC#CC#CCCC)C(=O)NCCCCC(C(=O)O)N(CC(=O)O)CC(=O)O. The van der Waals surface area contributed by atoms with E-state index < -0.39 is 54.9 Å². The predicted octanol–water partition coefficient (Wildman–Crippen LogP) is 0.352. The van der Waals surface area contributed by atoms with E-state index >= 15 is 0 Å². The van der Waals surface area contributed by atoms with Crippen LogP contribution in [0, 0.1) is 23.7 Å². The van der Waals surface area contributed by atoms with Gasteiger partial charge in [0.1, 0.15) is 12.1 Å². The van der Waals surface area contributed by atoms with Gasteiger partial charge in [-0.1, -0.05) is 25.3 Å². The molecule has 0 rings (SSSR count). The molecule has 0 heterocycles. The number of carbonyl (C=O) groups excluding carboxylic acids is 3. The fraction of sp³-hybridized carbons (Fsp3) is 0.571. The molecular weight excluding hydrogens is 536 g/mol. The van der Waals surface area contributed by atoms with Crippen molar-refractivity contribution in [3.05, 3.63) is 12.7 Å². The van der Waals surface area contributed by atoms with Gasteiger partial charge in [0, 0.05) is 19.5 Å². The van der Waals surface area contributed by atoms with E-state index in [9.17, 15) is 33.9 Å². The highest BCUT2D eigenvalue weighted by molar-refractivity contribution is 5.92. The quantitative estimate of drug-likeness (QED) is 0.0629. The standard InChI is InChI=1S/C28H40N4O9/c1-3-5-6-7-8-9-16-24(34)29-17-12-10-14-21(31-23(33)4-2)27(39)30-18-13-11-15-22(28(40)41)32(19-25(35)36)20-26(37)38/h4,21-22H,2-3,5,10-20H2,1H3,(H,29,34)(H,30,39)(H,31,33)(H,35,36)(H,37,38)(H,40,41). The second-order valence-corrected chi connectivity index (χ2v) is 8.97. The Hall–Kier alpha value is -4.36. The summed E-state index contributed by atoms with van der Waals surface area (Å²) in [5.41, 5.74) is 0. The molecule has 0 aromatic rings. The van der Waals surface area contributed by atoms with Crippen LogP contribution in [0.2, 0.25) is 0 Å². The first-order valence-electron chi connectivity index (χ1n) is 13.3. The van der Waals surface area contributed by atoms with Crippen molar-refractivity contribution in [3.8, 4) is 23.7 Å². The Morgan fingerprint density at radius 2 is 1.44 bits per heavy atom. The molecule has 0 aliphatic rings. The van der Waals surface area contributed by atoms with E-state index in [2.05, 4.69) is 46.2 Å². The van der Waals surface area contributed by atoms with Crippen LogP contribution >= 0.6 is 0 Å². The Balaban J connectivity index is 4.64. The van der Waals surface area contributed by atoms with E-state index in [1.807, 2.05) is 6.92 Å². The first-order chi connectivity index (χ1) is 19.5. The van der Waals surface area contributed by atoms with Gasteiger partial charge in [0.25, 0.3) is 0 Å². The van der Waals surface area contributed by atoms with Crippen LogP contribution in [0.1, 0.15) is 64.7 Å². The maximum atomic E-state index is 12.6. The van der Waals surface area contributed by atoms with Gasteiger partial charge in [-0.25, -0.2) is 0 Å². The van der Waals surface area contributed by atoms with Gasteiger partial charge in [0.05, 0.1) is 19.5 Å². The third-order valence-electron chi connectivity index (χ3n) is 5.53. The molecule has 2 unspecified atom stereocenters. The van der Waals surface area contributed by atoms with E-state index in [4.69, 9.17) is 10.2 Å². The van der Waals surface area contributed by atoms with Gasteiger partial charge < -0.3 is 31.3 Å². The Labute approximate surface area is 240 Å². The monoisotopic (exact) mass is 576 g/mol. The molecule has 0 fully saturated rings. The lowest BCUT2D eigenvalue weighted by Gasteiger charge is -2.25. The number of hydrogen-bond acceptors (Lipinski definition) is 7. The molecule has 0 saturated carbocycles. The van der Waals surface area contributed by atoms with Crippen LogP contribution in [-0.2, 0) is 28.8 Å². The minimum Gasteiger partial charge on any atom is -0.480 e. The van der Waals surface area contributed by atoms with Crippen LogP contribution in [0.4, 0.5) is 0 Å². The zero-order chi connectivity index (χ0) is 31.0. The molecule has 0 spiro atoms. The number of nitrogens with zero attached hydrogens (tertiary/aromatic N) is 1. The number of carboxylic acids is 3. The lowest BCUT2D eigenvalue weighted by molar-refractivity contribution is -0.149. The third kappa shape index (κ3) is 19.4. The molecule has 226 valence electrons. The van der Waals surface area contributed by atoms with Gasteiger partial charge >= 0.3 is 17.9 Å². The summed E-state index contributed by atoms with van der Waals surface area (Å²) >= 11 is 0. The van der Waals surface area contributed by atoms with E-state index in [1.54, 1.807) is 0 Å². The van der Waals surface area contributed by atoms with Crippen molar-refractivity contribution in [2.75, 3.05) is 26.2 Å². The minimum atomic E-state index is -1.35. The Kier molecular flexibility index (Phi) is 20.1. The topological polar surface area (TPSA) is 202 Å². The van der Waals surface area contributed by atoms with E-state index in [0.29, 0.717) is 32.2 Å². The molecule has 0 bridgehead atoms. The maximum absolute atomic E-state index is 12.6. The first kappa shape index (κ1) is 36.6. The number of amides is 3. The predicted molar refractivity (Wildman–Crippen MR) is 149 cm³/mol. The Morgan fingerprint density at radius 1 is 0.854 bits per heavy atom. The average Bonchev–Trinajstić information content (AvgIpc) is 2.90. The van der Waals surface area contributed by atoms with Crippen molar-refractivity contribution < 1.29 is 44.1 Å². The van der Waals surface area contributed by atoms with Gasteiger partial charge in [-0.05, 0) is 62.9 Å². The van der Waals surface area contributed by atoms with Crippen molar-refractivity contribution in [2.24, 2.45) is 0 Å². The van der Waals surface area contributed by atoms with E-state index in [1.165, 1.54) is 0 Å². The van der Waals surface area contributed by atoms with Crippen LogP contribution in [0.3, 0.4) is 0 Å². The Morgan fingerprint density at radius 3 is 2.00 bits per heavy atom. The summed E-state index contributed by atoms with van der Waals surface area (Å²) in [7, 11) is 0. The van der Waals surface area contributed by atoms with E-state index in [0.717, 1.165) is 23.8 Å². The smallest absolute Gasteiger partial charge is 0.320 e. The Bertz CT molecular complexity index is 1020. The molecule has 0 saturated heterocycles. The van der Waals surface area contributed by atoms with Gasteiger partial charge in [-0.15, -0.1) is 0 Å². The molecule has 0 aromatic carbocycles. The summed E-state index contributed by atoms with van der Waals surface area (Å²) in [6, 6.07) is -2.17. The normalized spacial score (nSPS) is 11.5. The molecule has 0 aromatic heterocycles. The summed E-state index contributed by atoms with van der Waals surface area (Å²) in [5.74, 6) is 5.59. The zero-order valence-corrected chi connectivity index (χ0v) is 23.4. The lowest BCUT2D eigenvalue weighted by atomic mass is 10.1. The molecule has 2 atom stereocenters. The molecule has 0 aliphatic carbocycles. The van der Waals surface area contributed by atoms with Crippen LogP contribution in [0.25, 0.3) is 0 Å². The summed E-state index contributed by atoms with van der Waals surface area (Å²) < 4.78 is 0. The van der Waals surface area contributed by atoms with Crippen molar-refractivity contribution >= 4 is 35.6 Å². The van der Waals surface area contributed by atoms with Crippen LogP contribution in [-0.4, -0.2) is 94.1 Å². The highest BCUT2D eigenvalue weighted by Gasteiger charge is 2.28. The molecule has 13 heteroatoms. The maximum Gasteiger partial charge on any atom is 0.320 e. The minimum absolute atomic E-state index is 0.0219. The highest BCUT2D eigenvalue weighted by atomic mass is 16.4. The van der Waals surface area contributed by atoms with E-state index in [-0.39, 0.29) is 31.7 Å². The number of rotatable bonds is 21. The molecule has 6 N–H and O–H groups in total. The van der Waals surface area contributed by atoms with Crippen molar-refractivity contribution in [2.45, 2.75) is 76.8 Å². The summed E-state index contributed by atoms with van der Waals surface area (Å²) in [6.45, 7) is 4.44. The molecular formula is C28H40N4O9. The summed E-state index contributed by atoms with van der Waals surface area (Å²) in [5, 5.41) is 35.3. The number of aliphatic carboxylic acids is 3. The second-order valence-electron chi connectivity index (χ2n) is 8.97.